The summed E-state index contributed by atoms with van der Waals surface area (Å²) in [4.78, 5) is 22.8. The summed E-state index contributed by atoms with van der Waals surface area (Å²) in [5.41, 5.74) is 3.92. The van der Waals surface area contributed by atoms with Crippen molar-refractivity contribution in [2.45, 2.75) is 57.7 Å². The number of carbonyl (C=O) groups excluding carboxylic acids is 2. The molecular weight excluding hydrogens is 234 g/mol. The lowest BCUT2D eigenvalue weighted by atomic mass is 9.78. The van der Waals surface area contributed by atoms with Crippen molar-refractivity contribution in [3.8, 4) is 0 Å². The molecule has 0 spiro atoms. The van der Waals surface area contributed by atoms with Crippen LogP contribution in [0.3, 0.4) is 0 Å². The highest BCUT2D eigenvalue weighted by atomic mass is 16.6. The summed E-state index contributed by atoms with van der Waals surface area (Å²) >= 11 is 0. The largest absolute Gasteiger partial charge is 0.457 e. The average molecular weight is 257 g/mol. The first-order valence-corrected chi connectivity index (χ1v) is 6.38. The van der Waals surface area contributed by atoms with Crippen LogP contribution in [0.2, 0.25) is 0 Å². The van der Waals surface area contributed by atoms with Gasteiger partial charge in [0.1, 0.15) is 5.60 Å². The van der Waals surface area contributed by atoms with Gasteiger partial charge in [-0.1, -0.05) is 0 Å². The van der Waals surface area contributed by atoms with Crippen LogP contribution >= 0.6 is 0 Å². The molecule has 0 saturated heterocycles. The fourth-order valence-electron chi connectivity index (χ4n) is 2.21. The number of ether oxygens (including phenoxy) is 2. The number of nitrogens with two attached hydrogens (primary N) is 1. The number of esters is 1. The zero-order valence-electron chi connectivity index (χ0n) is 11.4. The molecule has 0 unspecified atom stereocenters. The Morgan fingerprint density at radius 3 is 2.33 bits per heavy atom. The fraction of sp³-hybridized carbons (Fsp3) is 0.846. The molecule has 1 aliphatic rings. The van der Waals surface area contributed by atoms with E-state index < -0.39 is 17.2 Å². The Hall–Kier alpha value is -1.10. The third-order valence-electron chi connectivity index (χ3n) is 3.29. The van der Waals surface area contributed by atoms with Gasteiger partial charge < -0.3 is 15.2 Å². The predicted molar refractivity (Wildman–Crippen MR) is 66.7 cm³/mol. The van der Waals surface area contributed by atoms with Crippen molar-refractivity contribution in [3.05, 3.63) is 0 Å². The minimum absolute atomic E-state index is 0.340. The Bertz CT molecular complexity index is 301. The maximum Gasteiger partial charge on any atom is 0.351 e. The van der Waals surface area contributed by atoms with Crippen LogP contribution in [0.1, 0.15) is 46.5 Å². The molecule has 5 nitrogen and oxygen atoms in total. The van der Waals surface area contributed by atoms with E-state index in [2.05, 4.69) is 0 Å². The fourth-order valence-corrected chi connectivity index (χ4v) is 2.21. The van der Waals surface area contributed by atoms with Crippen LogP contribution in [-0.2, 0) is 19.1 Å². The first kappa shape index (κ1) is 15.0. The Kier molecular flexibility index (Phi) is 4.73. The average Bonchev–Trinajstić information content (AvgIpc) is 2.28. The zero-order valence-corrected chi connectivity index (χ0v) is 11.4. The summed E-state index contributed by atoms with van der Waals surface area (Å²) in [6.45, 7) is 6.33. The number of carbonyl (C=O) groups is 2. The highest BCUT2D eigenvalue weighted by Crippen LogP contribution is 2.36. The van der Waals surface area contributed by atoms with Gasteiger partial charge in [-0.25, -0.2) is 4.79 Å². The van der Waals surface area contributed by atoms with Crippen molar-refractivity contribution in [1.29, 1.82) is 0 Å². The summed E-state index contributed by atoms with van der Waals surface area (Å²) in [5, 5.41) is 0. The Morgan fingerprint density at radius 1 is 1.39 bits per heavy atom. The second kappa shape index (κ2) is 5.69. The quantitative estimate of drug-likeness (QED) is 0.608. The summed E-state index contributed by atoms with van der Waals surface area (Å²) in [6.07, 6.45) is 2.54. The van der Waals surface area contributed by atoms with Crippen LogP contribution in [0.25, 0.3) is 0 Å². The second-order valence-corrected chi connectivity index (χ2v) is 5.89. The number of rotatable bonds is 4. The SMILES string of the molecule is CC(C)(C)OC(=O)C1(OC=O)CCC(CN)CC1. The minimum atomic E-state index is -1.11. The maximum atomic E-state index is 12.2. The summed E-state index contributed by atoms with van der Waals surface area (Å²) in [5.74, 6) is -0.0478. The van der Waals surface area contributed by atoms with Crippen molar-refractivity contribution >= 4 is 12.4 Å². The van der Waals surface area contributed by atoms with Crippen LogP contribution < -0.4 is 5.73 Å². The van der Waals surface area contributed by atoms with Gasteiger partial charge in [0.05, 0.1) is 0 Å². The van der Waals surface area contributed by atoms with Gasteiger partial charge in [-0.15, -0.1) is 0 Å². The lowest BCUT2D eigenvalue weighted by Gasteiger charge is -2.37. The van der Waals surface area contributed by atoms with Gasteiger partial charge in [-0.2, -0.15) is 0 Å². The first-order chi connectivity index (χ1) is 8.33. The summed E-state index contributed by atoms with van der Waals surface area (Å²) in [7, 11) is 0. The third-order valence-corrected chi connectivity index (χ3v) is 3.29. The highest BCUT2D eigenvalue weighted by molar-refractivity contribution is 5.81. The van der Waals surface area contributed by atoms with Gasteiger partial charge in [-0.3, -0.25) is 4.79 Å². The van der Waals surface area contributed by atoms with E-state index in [1.807, 2.05) is 0 Å². The van der Waals surface area contributed by atoms with E-state index in [1.54, 1.807) is 20.8 Å². The molecule has 0 aromatic heterocycles. The van der Waals surface area contributed by atoms with E-state index >= 15 is 0 Å². The molecule has 0 radical (unpaired) electrons. The molecule has 0 aromatic rings. The minimum Gasteiger partial charge on any atom is -0.457 e. The van der Waals surface area contributed by atoms with Crippen LogP contribution in [-0.4, -0.2) is 30.2 Å². The molecule has 0 bridgehead atoms. The topological polar surface area (TPSA) is 78.6 Å². The first-order valence-electron chi connectivity index (χ1n) is 6.38. The van der Waals surface area contributed by atoms with Crippen molar-refractivity contribution in [2.75, 3.05) is 6.54 Å². The molecule has 0 atom stereocenters. The van der Waals surface area contributed by atoms with E-state index in [4.69, 9.17) is 15.2 Å². The molecule has 1 aliphatic carbocycles. The molecule has 1 saturated carbocycles. The predicted octanol–water partition coefficient (Wildman–Crippen LogP) is 1.39. The summed E-state index contributed by atoms with van der Waals surface area (Å²) < 4.78 is 10.4. The maximum absolute atomic E-state index is 12.2. The van der Waals surface area contributed by atoms with Crippen molar-refractivity contribution in [3.63, 3.8) is 0 Å². The van der Waals surface area contributed by atoms with Crippen LogP contribution in [0.15, 0.2) is 0 Å². The van der Waals surface area contributed by atoms with Crippen LogP contribution in [0, 0.1) is 5.92 Å². The Labute approximate surface area is 108 Å². The van der Waals surface area contributed by atoms with E-state index in [0.717, 1.165) is 12.8 Å². The second-order valence-electron chi connectivity index (χ2n) is 5.89. The molecule has 1 fully saturated rings. The zero-order chi connectivity index (χ0) is 13.8. The monoisotopic (exact) mass is 257 g/mol. The lowest BCUT2D eigenvalue weighted by Crippen LogP contribution is -2.48. The molecule has 0 heterocycles. The van der Waals surface area contributed by atoms with Crippen molar-refractivity contribution in [1.82, 2.24) is 0 Å². The molecule has 0 aliphatic heterocycles. The van der Waals surface area contributed by atoms with E-state index in [9.17, 15) is 9.59 Å². The van der Waals surface area contributed by atoms with E-state index in [-0.39, 0.29) is 0 Å². The molecule has 1 rings (SSSR count). The van der Waals surface area contributed by atoms with E-state index in [0.29, 0.717) is 31.8 Å². The van der Waals surface area contributed by atoms with Gasteiger partial charge >= 0.3 is 5.97 Å². The molecule has 2 N–H and O–H groups in total. The van der Waals surface area contributed by atoms with Crippen LogP contribution in [0.4, 0.5) is 0 Å². The van der Waals surface area contributed by atoms with Gasteiger partial charge in [0.2, 0.25) is 5.60 Å². The third kappa shape index (κ3) is 3.70. The van der Waals surface area contributed by atoms with Crippen molar-refractivity contribution < 1.29 is 19.1 Å². The summed E-state index contributed by atoms with van der Waals surface area (Å²) in [6, 6.07) is 0. The Morgan fingerprint density at radius 2 is 1.94 bits per heavy atom. The number of hydrogen-bond acceptors (Lipinski definition) is 5. The van der Waals surface area contributed by atoms with Gasteiger partial charge in [0.15, 0.2) is 0 Å². The van der Waals surface area contributed by atoms with Gasteiger partial charge in [0, 0.05) is 0 Å². The lowest BCUT2D eigenvalue weighted by molar-refractivity contribution is -0.189. The normalized spacial score (nSPS) is 28.6. The molecule has 5 heteroatoms. The molecular formula is C13H23NO4. The standard InChI is InChI=1S/C13H23NO4/c1-12(2,3)18-11(16)13(17-9-15)6-4-10(8-14)5-7-13/h9-10H,4-8,14H2,1-3H3. The molecule has 18 heavy (non-hydrogen) atoms. The number of hydrogen-bond donors (Lipinski definition) is 1. The van der Waals surface area contributed by atoms with Gasteiger partial charge in [-0.05, 0) is 58.9 Å². The van der Waals surface area contributed by atoms with E-state index in [1.165, 1.54) is 0 Å². The van der Waals surface area contributed by atoms with Crippen molar-refractivity contribution in [2.24, 2.45) is 11.7 Å². The molecule has 0 aromatic carbocycles. The highest BCUT2D eigenvalue weighted by Gasteiger charge is 2.46. The smallest absolute Gasteiger partial charge is 0.351 e. The molecule has 0 amide bonds. The Balaban J connectivity index is 2.75. The van der Waals surface area contributed by atoms with Crippen LogP contribution in [0.5, 0.6) is 0 Å². The molecule has 104 valence electrons. The van der Waals surface area contributed by atoms with Gasteiger partial charge in [0.25, 0.3) is 6.47 Å².